The molecule has 0 saturated heterocycles. The van der Waals surface area contributed by atoms with Crippen LogP contribution in [0.1, 0.15) is 5.56 Å². The van der Waals surface area contributed by atoms with Gasteiger partial charge < -0.3 is 0 Å². The molecule has 0 aliphatic carbocycles. The number of aryl methyl sites for hydroxylation is 1. The number of nitrogens with zero attached hydrogens (tertiary/aromatic N) is 2. The molecular weight excluding hydrogens is 279 g/mol. The normalized spacial score (nSPS) is 10.9. The second-order valence-electron chi connectivity index (χ2n) is 4.37. The average Bonchev–Trinajstić information content (AvgIpc) is 2.40. The van der Waals surface area contributed by atoms with Crippen LogP contribution in [0.3, 0.4) is 0 Å². The molecule has 0 aliphatic rings. The third kappa shape index (κ3) is 2.42. The summed E-state index contributed by atoms with van der Waals surface area (Å²) in [6, 6.07) is 13.3. The average molecular weight is 289 g/mol. The van der Waals surface area contributed by atoms with Gasteiger partial charge in [0.2, 0.25) is 0 Å². The molecule has 19 heavy (non-hydrogen) atoms. The van der Waals surface area contributed by atoms with E-state index in [4.69, 9.17) is 23.2 Å². The Hall–Kier alpha value is -1.64. The molecule has 0 unspecified atom stereocenters. The Morgan fingerprint density at radius 3 is 2.37 bits per heavy atom. The zero-order valence-corrected chi connectivity index (χ0v) is 11.7. The van der Waals surface area contributed by atoms with Gasteiger partial charge in [0.25, 0.3) is 0 Å². The summed E-state index contributed by atoms with van der Waals surface area (Å²) in [6.07, 6.45) is 0. The number of fused-ring (bicyclic) bond motifs is 1. The predicted octanol–water partition coefficient (Wildman–Crippen LogP) is 4.91. The lowest BCUT2D eigenvalue weighted by Gasteiger charge is -2.05. The van der Waals surface area contributed by atoms with Crippen molar-refractivity contribution in [2.45, 2.75) is 6.92 Å². The van der Waals surface area contributed by atoms with Crippen molar-refractivity contribution in [1.29, 1.82) is 0 Å². The minimum Gasteiger partial charge on any atom is -0.228 e. The van der Waals surface area contributed by atoms with Crippen molar-refractivity contribution in [3.63, 3.8) is 0 Å². The quantitative estimate of drug-likeness (QED) is 0.595. The Kier molecular flexibility index (Phi) is 3.13. The molecule has 2 aromatic carbocycles. The topological polar surface area (TPSA) is 25.8 Å². The molecule has 94 valence electrons. The van der Waals surface area contributed by atoms with Gasteiger partial charge in [0.15, 0.2) is 5.82 Å². The van der Waals surface area contributed by atoms with E-state index in [1.165, 1.54) is 0 Å². The van der Waals surface area contributed by atoms with Crippen LogP contribution in [0.4, 0.5) is 0 Å². The van der Waals surface area contributed by atoms with Crippen molar-refractivity contribution in [3.8, 4) is 11.4 Å². The molecule has 4 heteroatoms. The highest BCUT2D eigenvalue weighted by atomic mass is 35.5. The van der Waals surface area contributed by atoms with Crippen LogP contribution in [-0.2, 0) is 0 Å². The summed E-state index contributed by atoms with van der Waals surface area (Å²) in [7, 11) is 0. The minimum absolute atomic E-state index is 0.471. The van der Waals surface area contributed by atoms with Crippen LogP contribution in [0.2, 0.25) is 10.2 Å². The van der Waals surface area contributed by atoms with Crippen LogP contribution in [0.5, 0.6) is 0 Å². The summed E-state index contributed by atoms with van der Waals surface area (Å²) < 4.78 is 0. The first-order valence-corrected chi connectivity index (χ1v) is 6.59. The largest absolute Gasteiger partial charge is 0.228 e. The van der Waals surface area contributed by atoms with E-state index in [-0.39, 0.29) is 0 Å². The number of benzene rings is 2. The van der Waals surface area contributed by atoms with Gasteiger partial charge in [-0.2, -0.15) is 0 Å². The molecule has 2 nitrogen and oxygen atoms in total. The second-order valence-corrected chi connectivity index (χ2v) is 5.16. The number of hydrogen-bond donors (Lipinski definition) is 0. The molecule has 3 rings (SSSR count). The number of aromatic nitrogens is 2. The first-order valence-electron chi connectivity index (χ1n) is 5.83. The first-order chi connectivity index (χ1) is 9.13. The van der Waals surface area contributed by atoms with E-state index in [9.17, 15) is 0 Å². The van der Waals surface area contributed by atoms with Crippen LogP contribution in [-0.4, -0.2) is 9.97 Å². The molecular formula is C15H10Cl2N2. The summed E-state index contributed by atoms with van der Waals surface area (Å²) in [5.41, 5.74) is 2.88. The standard InChI is InChI=1S/C15H10Cl2N2/c1-9-2-7-13-12(8-9)14(17)19-15(18-13)10-3-5-11(16)6-4-10/h2-8H,1H3. The molecule has 0 fully saturated rings. The third-order valence-electron chi connectivity index (χ3n) is 2.91. The Bertz CT molecular complexity index is 752. The Labute approximate surface area is 121 Å². The summed E-state index contributed by atoms with van der Waals surface area (Å²) in [5.74, 6) is 0.609. The summed E-state index contributed by atoms with van der Waals surface area (Å²) in [5, 5.41) is 2.03. The lowest BCUT2D eigenvalue weighted by molar-refractivity contribution is 1.22. The highest BCUT2D eigenvalue weighted by Crippen LogP contribution is 2.26. The van der Waals surface area contributed by atoms with Crippen molar-refractivity contribution < 1.29 is 0 Å². The van der Waals surface area contributed by atoms with E-state index in [1.54, 1.807) is 0 Å². The van der Waals surface area contributed by atoms with E-state index < -0.39 is 0 Å². The fourth-order valence-corrected chi connectivity index (χ4v) is 2.29. The van der Waals surface area contributed by atoms with E-state index in [0.29, 0.717) is 16.0 Å². The Morgan fingerprint density at radius 2 is 1.63 bits per heavy atom. The van der Waals surface area contributed by atoms with Crippen molar-refractivity contribution in [2.75, 3.05) is 0 Å². The highest BCUT2D eigenvalue weighted by molar-refractivity contribution is 6.34. The Balaban J connectivity index is 2.20. The molecule has 0 amide bonds. The van der Waals surface area contributed by atoms with Crippen molar-refractivity contribution >= 4 is 34.1 Å². The van der Waals surface area contributed by atoms with Crippen LogP contribution in [0, 0.1) is 6.92 Å². The van der Waals surface area contributed by atoms with Gasteiger partial charge in [-0.05, 0) is 43.3 Å². The van der Waals surface area contributed by atoms with Crippen LogP contribution in [0.15, 0.2) is 42.5 Å². The smallest absolute Gasteiger partial charge is 0.161 e. The molecule has 0 aliphatic heterocycles. The van der Waals surface area contributed by atoms with Crippen molar-refractivity contribution in [2.24, 2.45) is 0 Å². The zero-order valence-electron chi connectivity index (χ0n) is 10.2. The molecule has 0 atom stereocenters. The third-order valence-corrected chi connectivity index (χ3v) is 3.45. The molecule has 1 heterocycles. The van der Waals surface area contributed by atoms with E-state index in [0.717, 1.165) is 22.0 Å². The lowest BCUT2D eigenvalue weighted by atomic mass is 10.1. The maximum atomic E-state index is 6.24. The highest BCUT2D eigenvalue weighted by Gasteiger charge is 2.08. The fourth-order valence-electron chi connectivity index (χ4n) is 1.93. The van der Waals surface area contributed by atoms with Gasteiger partial charge >= 0.3 is 0 Å². The molecule has 1 aromatic heterocycles. The van der Waals surface area contributed by atoms with Crippen LogP contribution in [0.25, 0.3) is 22.3 Å². The summed E-state index contributed by atoms with van der Waals surface area (Å²) >= 11 is 12.1. The van der Waals surface area contributed by atoms with Crippen molar-refractivity contribution in [3.05, 3.63) is 58.2 Å². The lowest BCUT2D eigenvalue weighted by Crippen LogP contribution is -1.92. The fraction of sp³-hybridized carbons (Fsp3) is 0.0667. The van der Waals surface area contributed by atoms with Gasteiger partial charge in [-0.1, -0.05) is 34.8 Å². The van der Waals surface area contributed by atoms with E-state index in [1.807, 2.05) is 49.4 Å². The van der Waals surface area contributed by atoms with Gasteiger partial charge in [-0.3, -0.25) is 0 Å². The minimum atomic E-state index is 0.471. The van der Waals surface area contributed by atoms with Crippen LogP contribution >= 0.6 is 23.2 Å². The summed E-state index contributed by atoms with van der Waals surface area (Å²) in [4.78, 5) is 8.89. The van der Waals surface area contributed by atoms with Gasteiger partial charge in [-0.15, -0.1) is 0 Å². The van der Waals surface area contributed by atoms with Crippen molar-refractivity contribution in [1.82, 2.24) is 9.97 Å². The predicted molar refractivity (Wildman–Crippen MR) is 79.7 cm³/mol. The number of halogens is 2. The maximum absolute atomic E-state index is 6.24. The molecule has 0 spiro atoms. The maximum Gasteiger partial charge on any atom is 0.161 e. The molecule has 0 radical (unpaired) electrons. The monoisotopic (exact) mass is 288 g/mol. The molecule has 0 N–H and O–H groups in total. The second kappa shape index (κ2) is 4.80. The molecule has 0 bridgehead atoms. The van der Waals surface area contributed by atoms with Gasteiger partial charge in [0.05, 0.1) is 5.52 Å². The van der Waals surface area contributed by atoms with Gasteiger partial charge in [-0.25, -0.2) is 9.97 Å². The number of rotatable bonds is 1. The number of hydrogen-bond acceptors (Lipinski definition) is 2. The van der Waals surface area contributed by atoms with Gasteiger partial charge in [0, 0.05) is 16.0 Å². The SMILES string of the molecule is Cc1ccc2nc(-c3ccc(Cl)cc3)nc(Cl)c2c1. The van der Waals surface area contributed by atoms with Gasteiger partial charge in [0.1, 0.15) is 5.15 Å². The molecule has 3 aromatic rings. The van der Waals surface area contributed by atoms with Crippen LogP contribution < -0.4 is 0 Å². The summed E-state index contributed by atoms with van der Waals surface area (Å²) in [6.45, 7) is 2.02. The zero-order chi connectivity index (χ0) is 13.4. The Morgan fingerprint density at radius 1 is 0.895 bits per heavy atom. The van der Waals surface area contributed by atoms with E-state index >= 15 is 0 Å². The first kappa shape index (κ1) is 12.4. The van der Waals surface area contributed by atoms with E-state index in [2.05, 4.69) is 9.97 Å². The molecule has 0 saturated carbocycles.